The smallest absolute Gasteiger partial charge is 0.343 e. The predicted octanol–water partition coefficient (Wildman–Crippen LogP) is 3.46. The maximum atomic E-state index is 11.9. The Morgan fingerprint density at radius 3 is 1.83 bits per heavy atom. The molecule has 0 saturated carbocycles. The van der Waals surface area contributed by atoms with Crippen molar-refractivity contribution >= 4 is 41.6 Å². The fraction of sp³-hybridized carbons (Fsp3) is 0.700. The van der Waals surface area contributed by atoms with E-state index in [0.29, 0.717) is 0 Å². The van der Waals surface area contributed by atoms with Gasteiger partial charge in [-0.05, 0) is 38.8 Å². The van der Waals surface area contributed by atoms with Crippen LogP contribution in [-0.4, -0.2) is 65.2 Å². The molecule has 2 aliphatic heterocycles. The van der Waals surface area contributed by atoms with E-state index >= 15 is 0 Å². The number of alkyl halides is 2. The second kappa shape index (κ2) is 12.8. The second-order valence-corrected chi connectivity index (χ2v) is 8.70. The molecule has 0 spiro atoms. The fourth-order valence-corrected chi connectivity index (χ4v) is 4.36. The van der Waals surface area contributed by atoms with Crippen molar-refractivity contribution < 1.29 is 19.4 Å². The molecule has 3 heterocycles. The van der Waals surface area contributed by atoms with Gasteiger partial charge < -0.3 is 25.2 Å². The second-order valence-electron chi connectivity index (χ2n) is 7.58. The van der Waals surface area contributed by atoms with Crippen molar-refractivity contribution in [3.8, 4) is 11.5 Å². The number of ether oxygens (including phenoxy) is 2. The maximum Gasteiger partial charge on any atom is 0.343 e. The first-order chi connectivity index (χ1) is 14.1. The molecule has 4 atom stereocenters. The van der Waals surface area contributed by atoms with E-state index in [1.54, 1.807) is 0 Å². The maximum absolute atomic E-state index is 11.9. The van der Waals surface area contributed by atoms with Gasteiger partial charge in [0.25, 0.3) is 0 Å². The van der Waals surface area contributed by atoms with Crippen LogP contribution in [0.4, 0.5) is 0 Å². The Labute approximate surface area is 193 Å². The third-order valence-electron chi connectivity index (χ3n) is 5.46. The number of pyridine rings is 1. The standard InChI is InChI=1S/C20H29Cl2N3O4.ClH/c21-13(15-5-1-3-7-24-15)11-28-17-9-23-10-18(19(17)20(26)27)29-12-14(22)16-6-2-4-8-25-16;/h9-10,13-16,24-25H,1-8,11-12H2,(H,26,27);1H. The van der Waals surface area contributed by atoms with Crippen LogP contribution >= 0.6 is 35.6 Å². The van der Waals surface area contributed by atoms with Crippen LogP contribution in [0.15, 0.2) is 12.4 Å². The lowest BCUT2D eigenvalue weighted by molar-refractivity contribution is 0.0686. The lowest BCUT2D eigenvalue weighted by Gasteiger charge is -2.28. The Balaban J connectivity index is 0.00000320. The van der Waals surface area contributed by atoms with Crippen LogP contribution < -0.4 is 20.1 Å². The minimum Gasteiger partial charge on any atom is -0.489 e. The molecule has 0 amide bonds. The molecule has 0 aromatic carbocycles. The zero-order valence-corrected chi connectivity index (χ0v) is 19.1. The van der Waals surface area contributed by atoms with E-state index in [9.17, 15) is 9.90 Å². The fourth-order valence-electron chi connectivity index (χ4n) is 3.80. The molecule has 0 aliphatic carbocycles. The van der Waals surface area contributed by atoms with Crippen molar-refractivity contribution in [2.24, 2.45) is 0 Å². The minimum atomic E-state index is -1.14. The summed E-state index contributed by atoms with van der Waals surface area (Å²) in [5.41, 5.74) is -0.0547. The summed E-state index contributed by atoms with van der Waals surface area (Å²) in [4.78, 5) is 15.9. The number of rotatable bonds is 9. The molecule has 0 radical (unpaired) electrons. The number of aromatic nitrogens is 1. The number of hydrogen-bond donors (Lipinski definition) is 3. The average molecular weight is 483 g/mol. The van der Waals surface area contributed by atoms with Gasteiger partial charge in [0.2, 0.25) is 0 Å². The average Bonchev–Trinajstić information content (AvgIpc) is 2.76. The number of hydrogen-bond acceptors (Lipinski definition) is 6. The monoisotopic (exact) mass is 481 g/mol. The van der Waals surface area contributed by atoms with E-state index in [0.717, 1.165) is 51.6 Å². The molecule has 1 aromatic heterocycles. The van der Waals surface area contributed by atoms with Gasteiger partial charge >= 0.3 is 5.97 Å². The minimum absolute atomic E-state index is 0. The number of carbonyl (C=O) groups is 1. The number of nitrogens with zero attached hydrogens (tertiary/aromatic N) is 1. The van der Waals surface area contributed by atoms with Crippen molar-refractivity contribution in [3.05, 3.63) is 18.0 Å². The van der Waals surface area contributed by atoms with Gasteiger partial charge in [-0.1, -0.05) is 12.8 Å². The van der Waals surface area contributed by atoms with E-state index in [1.165, 1.54) is 12.4 Å². The number of carboxylic acid groups (broad SMARTS) is 1. The Morgan fingerprint density at radius 2 is 1.47 bits per heavy atom. The molecule has 170 valence electrons. The number of piperidine rings is 2. The molecule has 1 aromatic rings. The van der Waals surface area contributed by atoms with Crippen molar-refractivity contribution in [2.75, 3.05) is 26.3 Å². The van der Waals surface area contributed by atoms with Crippen LogP contribution in [0.25, 0.3) is 0 Å². The molecular weight excluding hydrogens is 453 g/mol. The van der Waals surface area contributed by atoms with Crippen LogP contribution in [-0.2, 0) is 0 Å². The van der Waals surface area contributed by atoms with Crippen LogP contribution in [0.1, 0.15) is 48.9 Å². The normalized spacial score (nSPS) is 23.7. The molecule has 2 aliphatic rings. The van der Waals surface area contributed by atoms with Crippen LogP contribution in [0, 0.1) is 0 Å². The highest BCUT2D eigenvalue weighted by Crippen LogP contribution is 2.29. The van der Waals surface area contributed by atoms with E-state index in [4.69, 9.17) is 32.7 Å². The zero-order chi connectivity index (χ0) is 20.6. The van der Waals surface area contributed by atoms with Gasteiger partial charge in [0.15, 0.2) is 11.5 Å². The first-order valence-corrected chi connectivity index (χ1v) is 11.2. The van der Waals surface area contributed by atoms with E-state index in [2.05, 4.69) is 15.6 Å². The van der Waals surface area contributed by atoms with Crippen molar-refractivity contribution in [1.29, 1.82) is 0 Å². The van der Waals surface area contributed by atoms with Gasteiger partial charge in [0.05, 0.1) is 23.1 Å². The van der Waals surface area contributed by atoms with Crippen molar-refractivity contribution in [2.45, 2.75) is 61.4 Å². The highest BCUT2D eigenvalue weighted by Gasteiger charge is 2.26. The molecule has 4 unspecified atom stereocenters. The summed E-state index contributed by atoms with van der Waals surface area (Å²) in [7, 11) is 0. The van der Waals surface area contributed by atoms with Gasteiger partial charge in [-0.2, -0.15) is 0 Å². The summed E-state index contributed by atoms with van der Waals surface area (Å²) in [5, 5.41) is 15.9. The lowest BCUT2D eigenvalue weighted by Crippen LogP contribution is -2.43. The van der Waals surface area contributed by atoms with Crippen molar-refractivity contribution in [3.63, 3.8) is 0 Å². The number of aromatic carboxylic acids is 1. The first-order valence-electron chi connectivity index (χ1n) is 10.3. The summed E-state index contributed by atoms with van der Waals surface area (Å²) in [6.07, 6.45) is 9.28. The van der Waals surface area contributed by atoms with E-state index in [-0.39, 0.29) is 65.5 Å². The Morgan fingerprint density at radius 1 is 1.00 bits per heavy atom. The summed E-state index contributed by atoms with van der Waals surface area (Å²) in [6, 6.07) is 0.317. The Bertz CT molecular complexity index is 624. The molecule has 30 heavy (non-hydrogen) atoms. The van der Waals surface area contributed by atoms with Crippen molar-refractivity contribution in [1.82, 2.24) is 15.6 Å². The molecular formula is C20H30Cl3N3O4. The summed E-state index contributed by atoms with van der Waals surface area (Å²) in [5.74, 6) is -0.835. The Hall–Kier alpha value is -0.990. The summed E-state index contributed by atoms with van der Waals surface area (Å²) < 4.78 is 11.5. The molecule has 3 N–H and O–H groups in total. The third kappa shape index (κ3) is 7.02. The van der Waals surface area contributed by atoms with Gasteiger partial charge in [-0.25, -0.2) is 4.79 Å². The number of nitrogens with one attached hydrogen (secondary N) is 2. The molecule has 2 saturated heterocycles. The summed E-state index contributed by atoms with van der Waals surface area (Å²) >= 11 is 12.9. The first kappa shape index (κ1) is 25.3. The molecule has 0 bridgehead atoms. The zero-order valence-electron chi connectivity index (χ0n) is 16.8. The van der Waals surface area contributed by atoms with E-state index < -0.39 is 5.97 Å². The van der Waals surface area contributed by atoms with Crippen LogP contribution in [0.5, 0.6) is 11.5 Å². The molecule has 2 fully saturated rings. The quantitative estimate of drug-likeness (QED) is 0.464. The SMILES string of the molecule is Cl.O=C(O)c1c(OCC(Cl)C2CCCCN2)cncc1OCC(Cl)C1CCCCN1. The van der Waals surface area contributed by atoms with Gasteiger partial charge in [-0.3, -0.25) is 4.98 Å². The molecule has 7 nitrogen and oxygen atoms in total. The van der Waals surface area contributed by atoms with Gasteiger partial charge in [0.1, 0.15) is 18.8 Å². The topological polar surface area (TPSA) is 92.7 Å². The Kier molecular flexibility index (Phi) is 10.8. The third-order valence-corrected chi connectivity index (χ3v) is 6.32. The number of carboxylic acids is 1. The highest BCUT2D eigenvalue weighted by atomic mass is 35.5. The largest absolute Gasteiger partial charge is 0.489 e. The summed E-state index contributed by atoms with van der Waals surface area (Å²) in [6.45, 7) is 2.26. The van der Waals surface area contributed by atoms with Gasteiger partial charge in [0, 0.05) is 12.1 Å². The lowest BCUT2D eigenvalue weighted by atomic mass is 10.0. The van der Waals surface area contributed by atoms with Gasteiger partial charge in [-0.15, -0.1) is 35.6 Å². The highest BCUT2D eigenvalue weighted by molar-refractivity contribution is 6.21. The molecule has 3 rings (SSSR count). The number of halogens is 3. The van der Waals surface area contributed by atoms with Crippen LogP contribution in [0.2, 0.25) is 0 Å². The predicted molar refractivity (Wildman–Crippen MR) is 120 cm³/mol. The molecule has 10 heteroatoms. The van der Waals surface area contributed by atoms with Crippen LogP contribution in [0.3, 0.4) is 0 Å². The van der Waals surface area contributed by atoms with E-state index in [1.807, 2.05) is 0 Å².